The molecule has 2 aromatic heterocycles. The molecule has 1 atom stereocenters. The van der Waals surface area contributed by atoms with E-state index in [9.17, 15) is 9.90 Å². The van der Waals surface area contributed by atoms with Crippen LogP contribution in [0.25, 0.3) is 21.3 Å². The second kappa shape index (κ2) is 9.37. The highest BCUT2D eigenvalue weighted by molar-refractivity contribution is 7.13. The van der Waals surface area contributed by atoms with Crippen LogP contribution in [0.2, 0.25) is 0 Å². The van der Waals surface area contributed by atoms with Crippen molar-refractivity contribution in [2.75, 3.05) is 13.2 Å². The van der Waals surface area contributed by atoms with Crippen LogP contribution in [0.3, 0.4) is 0 Å². The summed E-state index contributed by atoms with van der Waals surface area (Å²) in [6.45, 7) is 4.26. The number of carbonyl (C=O) groups excluding carboxylic acids is 1. The van der Waals surface area contributed by atoms with Crippen LogP contribution >= 0.6 is 11.3 Å². The zero-order valence-electron chi connectivity index (χ0n) is 17.6. The quantitative estimate of drug-likeness (QED) is 0.368. The number of aliphatic hydroxyl groups is 1. The minimum Gasteiger partial charge on any atom is -0.493 e. The normalized spacial score (nSPS) is 12.1. The first-order valence-electron chi connectivity index (χ1n) is 10.4. The Kier molecular flexibility index (Phi) is 6.39. The molecule has 2 heterocycles. The Morgan fingerprint density at radius 2 is 2.06 bits per heavy atom. The second-order valence-electron chi connectivity index (χ2n) is 7.55. The summed E-state index contributed by atoms with van der Waals surface area (Å²) in [5.74, 6) is 0.290. The molecular weight excluding hydrogens is 408 g/mol. The van der Waals surface area contributed by atoms with E-state index in [0.29, 0.717) is 24.3 Å². The monoisotopic (exact) mass is 434 g/mol. The lowest BCUT2D eigenvalue weighted by molar-refractivity contribution is 0.0913. The van der Waals surface area contributed by atoms with Crippen molar-refractivity contribution in [1.29, 1.82) is 0 Å². The fraction of sp³-hybridized carbons (Fsp3) is 0.240. The third-order valence-electron chi connectivity index (χ3n) is 5.24. The van der Waals surface area contributed by atoms with Crippen molar-refractivity contribution in [1.82, 2.24) is 10.3 Å². The molecule has 0 unspecified atom stereocenters. The van der Waals surface area contributed by atoms with Crippen LogP contribution in [0.15, 0.2) is 60.1 Å². The molecule has 0 radical (unpaired) electrons. The number of nitrogens with one attached hydrogen (secondary N) is 2. The summed E-state index contributed by atoms with van der Waals surface area (Å²) in [7, 11) is 0. The van der Waals surface area contributed by atoms with Crippen molar-refractivity contribution >= 4 is 28.1 Å². The molecule has 6 heteroatoms. The van der Waals surface area contributed by atoms with Gasteiger partial charge in [0.25, 0.3) is 5.91 Å². The lowest BCUT2D eigenvalue weighted by Crippen LogP contribution is -2.39. The number of hydrogen-bond acceptors (Lipinski definition) is 4. The van der Waals surface area contributed by atoms with E-state index in [1.807, 2.05) is 55.6 Å². The smallest absolute Gasteiger partial charge is 0.255 e. The maximum absolute atomic E-state index is 13.2. The molecule has 0 aliphatic carbocycles. The van der Waals surface area contributed by atoms with Gasteiger partial charge in [0.1, 0.15) is 5.75 Å². The van der Waals surface area contributed by atoms with Gasteiger partial charge in [-0.3, -0.25) is 4.79 Å². The zero-order valence-corrected chi connectivity index (χ0v) is 18.5. The minimum absolute atomic E-state index is 0.154. The number of hydrogen-bond donors (Lipinski definition) is 3. The molecule has 3 N–H and O–H groups in total. The average Bonchev–Trinajstić information content (AvgIpc) is 3.40. The van der Waals surface area contributed by atoms with Gasteiger partial charge >= 0.3 is 0 Å². The third kappa shape index (κ3) is 4.65. The SMILES string of the molecule is CCOc1ccc(-c2cc(C)cs2)cc1C(=O)N[C@@H](CO)Cc1c[nH]c2ccccc12. The van der Waals surface area contributed by atoms with Gasteiger partial charge in [0.2, 0.25) is 0 Å². The third-order valence-corrected chi connectivity index (χ3v) is 6.33. The van der Waals surface area contributed by atoms with Crippen LogP contribution in [0.1, 0.15) is 28.4 Å². The number of rotatable bonds is 8. The van der Waals surface area contributed by atoms with Crippen molar-refractivity contribution in [3.8, 4) is 16.2 Å². The number of fused-ring (bicyclic) bond motifs is 1. The van der Waals surface area contributed by atoms with E-state index in [1.165, 1.54) is 5.56 Å². The van der Waals surface area contributed by atoms with E-state index < -0.39 is 6.04 Å². The number of amides is 1. The molecular formula is C25H26N2O3S. The molecule has 0 aliphatic heterocycles. The van der Waals surface area contributed by atoms with Crippen molar-refractivity contribution < 1.29 is 14.6 Å². The molecule has 0 saturated heterocycles. The summed E-state index contributed by atoms with van der Waals surface area (Å²) in [6.07, 6.45) is 2.46. The van der Waals surface area contributed by atoms with Gasteiger partial charge in [-0.05, 0) is 72.7 Å². The van der Waals surface area contributed by atoms with Crippen LogP contribution in [0.5, 0.6) is 5.75 Å². The molecule has 0 fully saturated rings. The number of aliphatic hydroxyl groups excluding tert-OH is 1. The van der Waals surface area contributed by atoms with Gasteiger partial charge < -0.3 is 20.1 Å². The molecule has 0 spiro atoms. The molecule has 31 heavy (non-hydrogen) atoms. The predicted molar refractivity (Wildman–Crippen MR) is 126 cm³/mol. The van der Waals surface area contributed by atoms with Crippen molar-refractivity contribution in [2.45, 2.75) is 26.3 Å². The van der Waals surface area contributed by atoms with E-state index in [4.69, 9.17) is 4.74 Å². The largest absolute Gasteiger partial charge is 0.493 e. The number of carbonyl (C=O) groups is 1. The Morgan fingerprint density at radius 1 is 1.23 bits per heavy atom. The number of aromatic amines is 1. The highest BCUT2D eigenvalue weighted by atomic mass is 32.1. The molecule has 4 aromatic rings. The van der Waals surface area contributed by atoms with E-state index in [1.54, 1.807) is 11.3 Å². The first kappa shape index (κ1) is 21.2. The number of para-hydroxylation sites is 1. The average molecular weight is 435 g/mol. The van der Waals surface area contributed by atoms with E-state index >= 15 is 0 Å². The van der Waals surface area contributed by atoms with Crippen LogP contribution < -0.4 is 10.1 Å². The lowest BCUT2D eigenvalue weighted by Gasteiger charge is -2.18. The van der Waals surface area contributed by atoms with Gasteiger partial charge in [-0.2, -0.15) is 0 Å². The Bertz CT molecular complexity index is 1190. The molecule has 1 amide bonds. The Hall–Kier alpha value is -3.09. The summed E-state index contributed by atoms with van der Waals surface area (Å²) in [5, 5.41) is 16.1. The summed E-state index contributed by atoms with van der Waals surface area (Å²) in [5.41, 5.74) is 4.74. The topological polar surface area (TPSA) is 74.3 Å². The van der Waals surface area contributed by atoms with E-state index in [0.717, 1.165) is 26.9 Å². The fourth-order valence-electron chi connectivity index (χ4n) is 3.72. The standard InChI is InChI=1S/C25H26N2O3S/c1-3-30-23-9-8-17(24-10-16(2)15-31-24)12-21(23)25(29)27-19(14-28)11-18-13-26-22-7-5-4-6-20(18)22/h4-10,12-13,15,19,26,28H,3,11,14H2,1-2H3,(H,27,29)/t19-/m1/s1. The lowest BCUT2D eigenvalue weighted by atomic mass is 10.0. The Labute approximate surface area is 185 Å². The fourth-order valence-corrected chi connectivity index (χ4v) is 4.61. The highest BCUT2D eigenvalue weighted by Gasteiger charge is 2.19. The van der Waals surface area contributed by atoms with Crippen LogP contribution in [-0.4, -0.2) is 35.3 Å². The van der Waals surface area contributed by atoms with Crippen molar-refractivity contribution in [3.63, 3.8) is 0 Å². The summed E-state index contributed by atoms with van der Waals surface area (Å²) in [4.78, 5) is 17.5. The Balaban J connectivity index is 1.58. The molecule has 160 valence electrons. The van der Waals surface area contributed by atoms with Crippen molar-refractivity contribution in [2.24, 2.45) is 0 Å². The van der Waals surface area contributed by atoms with Gasteiger partial charge in [-0.1, -0.05) is 18.2 Å². The number of aromatic nitrogens is 1. The maximum Gasteiger partial charge on any atom is 0.255 e. The van der Waals surface area contributed by atoms with Gasteiger partial charge in [0.05, 0.1) is 24.8 Å². The Morgan fingerprint density at radius 3 is 2.81 bits per heavy atom. The number of ether oxygens (including phenoxy) is 1. The van der Waals surface area contributed by atoms with E-state index in [2.05, 4.69) is 28.7 Å². The molecule has 5 nitrogen and oxygen atoms in total. The molecule has 0 saturated carbocycles. The molecule has 2 aromatic carbocycles. The van der Waals surface area contributed by atoms with Gasteiger partial charge in [-0.15, -0.1) is 11.3 Å². The first-order valence-corrected chi connectivity index (χ1v) is 11.3. The predicted octanol–water partition coefficient (Wildman–Crippen LogP) is 4.94. The molecule has 4 rings (SSSR count). The first-order chi connectivity index (χ1) is 15.1. The number of thiophene rings is 1. The van der Waals surface area contributed by atoms with Gasteiger partial charge in [0, 0.05) is 22.0 Å². The highest BCUT2D eigenvalue weighted by Crippen LogP contribution is 2.31. The number of benzene rings is 2. The minimum atomic E-state index is -0.408. The molecule has 0 aliphatic rings. The van der Waals surface area contributed by atoms with Crippen LogP contribution in [0.4, 0.5) is 0 Å². The van der Waals surface area contributed by atoms with Crippen LogP contribution in [0, 0.1) is 6.92 Å². The summed E-state index contributed by atoms with van der Waals surface area (Å²) < 4.78 is 5.71. The van der Waals surface area contributed by atoms with Gasteiger partial charge in [-0.25, -0.2) is 0 Å². The number of H-pyrrole nitrogens is 1. The summed E-state index contributed by atoms with van der Waals surface area (Å²) in [6, 6.07) is 15.4. The molecule has 0 bridgehead atoms. The zero-order chi connectivity index (χ0) is 21.8. The van der Waals surface area contributed by atoms with Crippen molar-refractivity contribution in [3.05, 3.63) is 76.8 Å². The second-order valence-corrected chi connectivity index (χ2v) is 8.46. The van der Waals surface area contributed by atoms with Gasteiger partial charge in [0.15, 0.2) is 0 Å². The van der Waals surface area contributed by atoms with E-state index in [-0.39, 0.29) is 12.5 Å². The maximum atomic E-state index is 13.2. The number of aryl methyl sites for hydroxylation is 1. The van der Waals surface area contributed by atoms with Crippen LogP contribution in [-0.2, 0) is 6.42 Å². The summed E-state index contributed by atoms with van der Waals surface area (Å²) >= 11 is 1.65.